The average Bonchev–Trinajstić information content (AvgIpc) is 3.42. The summed E-state index contributed by atoms with van der Waals surface area (Å²) in [5.41, 5.74) is 4.93. The van der Waals surface area contributed by atoms with Crippen molar-refractivity contribution in [1.82, 2.24) is 19.5 Å². The van der Waals surface area contributed by atoms with Gasteiger partial charge in [0.15, 0.2) is 11.5 Å². The number of piperidine rings is 1. The van der Waals surface area contributed by atoms with Crippen molar-refractivity contribution in [3.05, 3.63) is 59.5 Å². The molecule has 2 aliphatic heterocycles. The van der Waals surface area contributed by atoms with Crippen LogP contribution in [0.4, 0.5) is 32.0 Å². The van der Waals surface area contributed by atoms with Crippen LogP contribution in [0.15, 0.2) is 42.6 Å². The molecule has 1 atom stereocenters. The summed E-state index contributed by atoms with van der Waals surface area (Å²) in [7, 11) is 0. The van der Waals surface area contributed by atoms with Crippen LogP contribution in [0.1, 0.15) is 42.6 Å². The van der Waals surface area contributed by atoms with Gasteiger partial charge in [-0.25, -0.2) is 19.1 Å². The molecule has 0 radical (unpaired) electrons. The molecule has 0 spiro atoms. The molecule has 2 saturated heterocycles. The fourth-order valence-corrected chi connectivity index (χ4v) is 4.62. The molecule has 3 aromatic rings. The minimum absolute atomic E-state index is 0.403. The molecule has 2 aromatic heterocycles. The Morgan fingerprint density at radius 1 is 0.909 bits per heavy atom. The first-order valence-corrected chi connectivity index (χ1v) is 13.8. The molecule has 44 heavy (non-hydrogen) atoms. The van der Waals surface area contributed by atoms with Gasteiger partial charge < -0.3 is 19.8 Å². The molecule has 0 amide bonds. The molecule has 5 rings (SSSR count). The van der Waals surface area contributed by atoms with Crippen molar-refractivity contribution in [3.63, 3.8) is 0 Å². The lowest BCUT2D eigenvalue weighted by molar-refractivity contribution is -0.193. The summed E-state index contributed by atoms with van der Waals surface area (Å²) >= 11 is 0. The van der Waals surface area contributed by atoms with Gasteiger partial charge in [0.1, 0.15) is 0 Å². The van der Waals surface area contributed by atoms with Gasteiger partial charge in [-0.1, -0.05) is 31.2 Å². The highest BCUT2D eigenvalue weighted by Crippen LogP contribution is 2.27. The Morgan fingerprint density at radius 2 is 1.48 bits per heavy atom. The number of halogens is 6. The molecule has 0 aliphatic carbocycles. The summed E-state index contributed by atoms with van der Waals surface area (Å²) in [5.74, 6) is -4.12. The predicted octanol–water partition coefficient (Wildman–Crippen LogP) is 4.77. The lowest BCUT2D eigenvalue weighted by atomic mass is 9.97. The van der Waals surface area contributed by atoms with Gasteiger partial charge in [-0.2, -0.15) is 31.4 Å². The van der Waals surface area contributed by atoms with E-state index in [2.05, 4.69) is 59.3 Å². The summed E-state index contributed by atoms with van der Waals surface area (Å²) in [6.45, 7) is 8.85. The molecule has 242 valence electrons. The van der Waals surface area contributed by atoms with Gasteiger partial charge in [-0.05, 0) is 49.1 Å². The number of benzene rings is 1. The predicted molar refractivity (Wildman–Crippen MR) is 146 cm³/mol. The summed E-state index contributed by atoms with van der Waals surface area (Å²) in [6, 6.07) is 13.3. The first-order chi connectivity index (χ1) is 20.7. The van der Waals surface area contributed by atoms with E-state index in [4.69, 9.17) is 34.6 Å². The Bertz CT molecular complexity index is 1350. The molecule has 1 unspecified atom stereocenters. The number of rotatable bonds is 5. The van der Waals surface area contributed by atoms with E-state index in [1.807, 2.05) is 4.52 Å². The summed E-state index contributed by atoms with van der Waals surface area (Å²) in [6.07, 6.45) is -4.59. The highest BCUT2D eigenvalue weighted by atomic mass is 19.4. The van der Waals surface area contributed by atoms with E-state index in [0.29, 0.717) is 5.92 Å². The van der Waals surface area contributed by atoms with Crippen molar-refractivity contribution in [1.29, 1.82) is 0 Å². The fourth-order valence-electron chi connectivity index (χ4n) is 4.62. The molecule has 0 bridgehead atoms. The van der Waals surface area contributed by atoms with Crippen molar-refractivity contribution in [2.75, 3.05) is 44.3 Å². The number of aromatic nitrogens is 3. The Hall–Kier alpha value is -3.92. The zero-order valence-corrected chi connectivity index (χ0v) is 23.8. The van der Waals surface area contributed by atoms with Crippen molar-refractivity contribution in [2.45, 2.75) is 51.0 Å². The van der Waals surface area contributed by atoms with Crippen molar-refractivity contribution < 1.29 is 50.9 Å². The number of hydrogen-bond donors (Lipinski definition) is 2. The highest BCUT2D eigenvalue weighted by molar-refractivity contribution is 5.73. The number of alkyl halides is 6. The van der Waals surface area contributed by atoms with Crippen LogP contribution in [0.3, 0.4) is 0 Å². The number of carbonyl (C=O) groups is 2. The van der Waals surface area contributed by atoms with Gasteiger partial charge in [0.2, 0.25) is 0 Å². The smallest absolute Gasteiger partial charge is 0.475 e. The maximum absolute atomic E-state index is 10.6. The number of aryl methyl sites for hydroxylation is 1. The number of anilines is 1. The molecular weight excluding hydrogens is 600 g/mol. The van der Waals surface area contributed by atoms with Crippen molar-refractivity contribution in [2.24, 2.45) is 0 Å². The van der Waals surface area contributed by atoms with Gasteiger partial charge in [0, 0.05) is 32.1 Å². The monoisotopic (exact) mass is 633 g/mol. The number of morpholine rings is 1. The SMILES string of the molecule is CCc1ccc(CN2CCCC(c3nc4ccc(N5CCOCC5)cn4n3)C2)cc1.O=C(O)C(F)(F)F.O=C(O)C(F)(F)F. The fraction of sp³-hybridized carbons (Fsp3) is 0.500. The second kappa shape index (κ2) is 15.2. The van der Waals surface area contributed by atoms with E-state index >= 15 is 0 Å². The number of carboxylic acids is 2. The second-order valence-electron chi connectivity index (χ2n) is 10.1. The number of pyridine rings is 1. The Labute approximate surface area is 248 Å². The molecule has 1 aromatic carbocycles. The molecule has 2 fully saturated rings. The van der Waals surface area contributed by atoms with Crippen LogP contribution < -0.4 is 4.90 Å². The van der Waals surface area contributed by atoms with Gasteiger partial charge in [-0.3, -0.25) is 4.90 Å². The van der Waals surface area contributed by atoms with Crippen LogP contribution in [-0.4, -0.2) is 93.4 Å². The van der Waals surface area contributed by atoms with E-state index in [1.165, 1.54) is 29.7 Å². The van der Waals surface area contributed by atoms with Gasteiger partial charge in [-0.15, -0.1) is 0 Å². The van der Waals surface area contributed by atoms with E-state index in [1.54, 1.807) is 0 Å². The number of likely N-dealkylation sites (tertiary alicyclic amines) is 1. The number of nitrogens with zero attached hydrogens (tertiary/aromatic N) is 5. The standard InChI is InChI=1S/C24H31N5O.2C2HF3O2/c1-2-19-5-7-20(8-6-19)16-27-11-3-4-21(17-27)24-25-23-10-9-22(18-29(23)26-24)28-12-14-30-15-13-28;2*3-2(4,5)1(6)7/h5-10,18,21H,2-4,11-17H2,1H3;2*(H,6,7). The van der Waals surface area contributed by atoms with Crippen molar-refractivity contribution in [3.8, 4) is 0 Å². The highest BCUT2D eigenvalue weighted by Gasteiger charge is 2.39. The summed E-state index contributed by atoms with van der Waals surface area (Å²) < 4.78 is 70.9. The van der Waals surface area contributed by atoms with Crippen LogP contribution in [0.25, 0.3) is 5.65 Å². The molecule has 16 heteroatoms. The number of ether oxygens (including phenoxy) is 1. The lowest BCUT2D eigenvalue weighted by Crippen LogP contribution is -2.36. The third-order valence-corrected chi connectivity index (χ3v) is 6.90. The van der Waals surface area contributed by atoms with Crippen LogP contribution in [0.5, 0.6) is 0 Å². The third-order valence-electron chi connectivity index (χ3n) is 6.90. The molecule has 4 heterocycles. The van der Waals surface area contributed by atoms with E-state index < -0.39 is 24.3 Å². The van der Waals surface area contributed by atoms with Gasteiger partial charge >= 0.3 is 24.3 Å². The minimum atomic E-state index is -5.08. The molecule has 2 N–H and O–H groups in total. The molecule has 0 saturated carbocycles. The quantitative estimate of drug-likeness (QED) is 0.383. The largest absolute Gasteiger partial charge is 0.490 e. The van der Waals surface area contributed by atoms with Gasteiger partial charge in [0.25, 0.3) is 0 Å². The van der Waals surface area contributed by atoms with E-state index in [0.717, 1.165) is 63.8 Å². The van der Waals surface area contributed by atoms with Crippen molar-refractivity contribution >= 4 is 23.3 Å². The lowest BCUT2D eigenvalue weighted by Gasteiger charge is -2.31. The maximum Gasteiger partial charge on any atom is 0.490 e. The van der Waals surface area contributed by atoms with E-state index in [9.17, 15) is 26.3 Å². The number of fused-ring (bicyclic) bond motifs is 1. The Morgan fingerprint density at radius 3 is 2.02 bits per heavy atom. The Kier molecular flexibility index (Phi) is 11.9. The molecule has 10 nitrogen and oxygen atoms in total. The number of carboxylic acid groups (broad SMARTS) is 2. The van der Waals surface area contributed by atoms with Crippen LogP contribution in [-0.2, 0) is 27.3 Å². The zero-order chi connectivity index (χ0) is 32.5. The molecular formula is C28H33F6N5O5. The summed E-state index contributed by atoms with van der Waals surface area (Å²) in [4.78, 5) is 27.6. The van der Waals surface area contributed by atoms with Gasteiger partial charge in [0.05, 0.1) is 25.1 Å². The topological polar surface area (TPSA) is 121 Å². The van der Waals surface area contributed by atoms with Crippen LogP contribution >= 0.6 is 0 Å². The zero-order valence-electron chi connectivity index (χ0n) is 23.8. The maximum atomic E-state index is 10.6. The first kappa shape index (κ1) is 34.6. The first-order valence-electron chi connectivity index (χ1n) is 13.8. The third kappa shape index (κ3) is 10.4. The van der Waals surface area contributed by atoms with Crippen LogP contribution in [0.2, 0.25) is 0 Å². The second-order valence-corrected chi connectivity index (χ2v) is 10.1. The number of hydrogen-bond acceptors (Lipinski definition) is 7. The Balaban J connectivity index is 0.000000317. The summed E-state index contributed by atoms with van der Waals surface area (Å²) in [5, 5.41) is 19.1. The number of aliphatic carboxylic acids is 2. The molecule has 2 aliphatic rings. The van der Waals surface area contributed by atoms with Crippen LogP contribution in [0, 0.1) is 0 Å². The average molecular weight is 634 g/mol. The minimum Gasteiger partial charge on any atom is -0.475 e. The van der Waals surface area contributed by atoms with E-state index in [-0.39, 0.29) is 0 Å². The normalized spacial score (nSPS) is 17.7.